The molecule has 0 amide bonds. The second kappa shape index (κ2) is 4.45. The van der Waals surface area contributed by atoms with Crippen LogP contribution in [0.15, 0.2) is 18.3 Å². The molecule has 1 N–H and O–H groups in total. The maximum absolute atomic E-state index is 4.28. The van der Waals surface area contributed by atoms with E-state index >= 15 is 0 Å². The molecule has 0 atom stereocenters. The molecule has 1 aliphatic rings. The first-order chi connectivity index (χ1) is 8.38. The molecule has 0 radical (unpaired) electrons. The summed E-state index contributed by atoms with van der Waals surface area (Å²) in [6, 6.07) is 4.11. The van der Waals surface area contributed by atoms with E-state index in [1.54, 1.807) is 6.20 Å². The summed E-state index contributed by atoms with van der Waals surface area (Å²) in [4.78, 5) is 6.78. The van der Waals surface area contributed by atoms with Crippen LogP contribution in [-0.4, -0.2) is 39.7 Å². The van der Waals surface area contributed by atoms with E-state index in [4.69, 9.17) is 0 Å². The van der Waals surface area contributed by atoms with Crippen molar-refractivity contribution < 1.29 is 0 Å². The van der Waals surface area contributed by atoms with Gasteiger partial charge in [-0.1, -0.05) is 6.92 Å². The molecule has 3 rings (SSSR count). The number of hydrogen-bond donors (Lipinski definition) is 1. The van der Waals surface area contributed by atoms with Crippen LogP contribution in [0.25, 0.3) is 11.0 Å². The van der Waals surface area contributed by atoms with E-state index in [1.807, 2.05) is 6.07 Å². The Balaban J connectivity index is 1.85. The summed E-state index contributed by atoms with van der Waals surface area (Å²) in [5.41, 5.74) is 2.13. The van der Waals surface area contributed by atoms with Crippen molar-refractivity contribution in [3.05, 3.63) is 24.0 Å². The van der Waals surface area contributed by atoms with E-state index in [2.05, 4.69) is 33.1 Å². The van der Waals surface area contributed by atoms with Gasteiger partial charge in [-0.2, -0.15) is 5.10 Å². The quantitative estimate of drug-likeness (QED) is 0.859. The number of hydrogen-bond acceptors (Lipinski definition) is 3. The average molecular weight is 230 g/mol. The van der Waals surface area contributed by atoms with Crippen LogP contribution in [-0.2, 0) is 0 Å². The van der Waals surface area contributed by atoms with E-state index in [-0.39, 0.29) is 0 Å². The Morgan fingerprint density at radius 3 is 3.00 bits per heavy atom. The molecule has 90 valence electrons. The third-order valence-electron chi connectivity index (χ3n) is 3.80. The number of nitrogens with one attached hydrogen (secondary N) is 1. The molecule has 0 aromatic carbocycles. The topological polar surface area (TPSA) is 44.8 Å². The number of H-pyrrole nitrogens is 1. The van der Waals surface area contributed by atoms with Gasteiger partial charge in [-0.25, -0.2) is 4.98 Å². The van der Waals surface area contributed by atoms with Crippen molar-refractivity contribution in [3.8, 4) is 0 Å². The number of rotatable bonds is 2. The van der Waals surface area contributed by atoms with Crippen LogP contribution < -0.4 is 0 Å². The highest BCUT2D eigenvalue weighted by atomic mass is 15.2. The van der Waals surface area contributed by atoms with Gasteiger partial charge in [-0.05, 0) is 44.6 Å². The number of likely N-dealkylation sites (tertiary alicyclic amines) is 1. The van der Waals surface area contributed by atoms with Gasteiger partial charge in [0.2, 0.25) is 0 Å². The van der Waals surface area contributed by atoms with Crippen molar-refractivity contribution in [2.24, 2.45) is 0 Å². The molecule has 0 unspecified atom stereocenters. The number of nitrogens with zero attached hydrogens (tertiary/aromatic N) is 3. The van der Waals surface area contributed by atoms with Crippen molar-refractivity contribution in [1.82, 2.24) is 20.1 Å². The van der Waals surface area contributed by atoms with Gasteiger partial charge in [0.05, 0.1) is 0 Å². The third kappa shape index (κ3) is 1.93. The molecule has 1 saturated heterocycles. The highest BCUT2D eigenvalue weighted by Gasteiger charge is 2.22. The Morgan fingerprint density at radius 2 is 2.24 bits per heavy atom. The molecule has 3 heterocycles. The van der Waals surface area contributed by atoms with Gasteiger partial charge in [0.25, 0.3) is 0 Å². The summed E-state index contributed by atoms with van der Waals surface area (Å²) in [5.74, 6) is 0.618. The van der Waals surface area contributed by atoms with E-state index in [9.17, 15) is 0 Å². The molecule has 1 fully saturated rings. The molecule has 4 heteroatoms. The van der Waals surface area contributed by atoms with E-state index in [1.165, 1.54) is 37.0 Å². The summed E-state index contributed by atoms with van der Waals surface area (Å²) >= 11 is 0. The second-order valence-electron chi connectivity index (χ2n) is 4.72. The fourth-order valence-electron chi connectivity index (χ4n) is 2.72. The first-order valence-electron chi connectivity index (χ1n) is 6.40. The normalized spacial score (nSPS) is 18.9. The zero-order chi connectivity index (χ0) is 11.7. The number of pyridine rings is 1. The predicted molar refractivity (Wildman–Crippen MR) is 68.0 cm³/mol. The summed E-state index contributed by atoms with van der Waals surface area (Å²) in [5, 5.41) is 8.67. The van der Waals surface area contributed by atoms with Gasteiger partial charge in [0.1, 0.15) is 0 Å². The van der Waals surface area contributed by atoms with Crippen LogP contribution in [0.3, 0.4) is 0 Å². The van der Waals surface area contributed by atoms with Crippen LogP contribution in [0.5, 0.6) is 0 Å². The molecule has 2 aromatic heterocycles. The SMILES string of the molecule is CCN1CCC(c2[nH]nc3ncccc23)CC1. The summed E-state index contributed by atoms with van der Waals surface area (Å²) in [6.07, 6.45) is 4.24. The first-order valence-corrected chi connectivity index (χ1v) is 6.40. The largest absolute Gasteiger partial charge is 0.304 e. The maximum Gasteiger partial charge on any atom is 0.181 e. The summed E-state index contributed by atoms with van der Waals surface area (Å²) in [7, 11) is 0. The molecule has 4 nitrogen and oxygen atoms in total. The molecule has 0 bridgehead atoms. The standard InChI is InChI=1S/C13H18N4/c1-2-17-8-5-10(6-9-17)12-11-4-3-7-14-13(11)16-15-12/h3-4,7,10H,2,5-6,8-9H2,1H3,(H,14,15,16). The molecule has 2 aromatic rings. The Labute approximate surface area is 101 Å². The molecule has 1 aliphatic heterocycles. The second-order valence-corrected chi connectivity index (χ2v) is 4.72. The van der Waals surface area contributed by atoms with Gasteiger partial charge >= 0.3 is 0 Å². The fourth-order valence-corrected chi connectivity index (χ4v) is 2.72. The van der Waals surface area contributed by atoms with Crippen molar-refractivity contribution in [3.63, 3.8) is 0 Å². The van der Waals surface area contributed by atoms with Gasteiger partial charge in [-0.3, -0.25) is 5.10 Å². The Morgan fingerprint density at radius 1 is 1.41 bits per heavy atom. The van der Waals surface area contributed by atoms with Crippen LogP contribution in [0.2, 0.25) is 0 Å². The van der Waals surface area contributed by atoms with Crippen LogP contribution in [0, 0.1) is 0 Å². The maximum atomic E-state index is 4.28. The average Bonchev–Trinajstić information content (AvgIpc) is 2.83. The lowest BCUT2D eigenvalue weighted by molar-refractivity contribution is 0.221. The fraction of sp³-hybridized carbons (Fsp3) is 0.538. The van der Waals surface area contributed by atoms with E-state index in [0.717, 1.165) is 12.2 Å². The highest BCUT2D eigenvalue weighted by Crippen LogP contribution is 2.30. The number of aromatic amines is 1. The zero-order valence-corrected chi connectivity index (χ0v) is 10.2. The monoisotopic (exact) mass is 230 g/mol. The molecular formula is C13H18N4. The van der Waals surface area contributed by atoms with Crippen LogP contribution >= 0.6 is 0 Å². The minimum absolute atomic E-state index is 0.618. The Bertz CT molecular complexity index is 497. The number of fused-ring (bicyclic) bond motifs is 1. The highest BCUT2D eigenvalue weighted by molar-refractivity contribution is 5.77. The molecule has 0 aliphatic carbocycles. The van der Waals surface area contributed by atoms with Crippen molar-refractivity contribution in [2.45, 2.75) is 25.7 Å². The minimum atomic E-state index is 0.618. The van der Waals surface area contributed by atoms with Crippen LogP contribution in [0.4, 0.5) is 0 Å². The molecule has 0 saturated carbocycles. The lowest BCUT2D eigenvalue weighted by Crippen LogP contribution is -2.32. The smallest absolute Gasteiger partial charge is 0.181 e. The third-order valence-corrected chi connectivity index (χ3v) is 3.80. The van der Waals surface area contributed by atoms with Gasteiger partial charge in [0, 0.05) is 23.2 Å². The Hall–Kier alpha value is -1.42. The lowest BCUT2D eigenvalue weighted by atomic mass is 9.92. The van der Waals surface area contributed by atoms with E-state index in [0.29, 0.717) is 5.92 Å². The number of aromatic nitrogens is 3. The van der Waals surface area contributed by atoms with Gasteiger partial charge in [0.15, 0.2) is 5.65 Å². The minimum Gasteiger partial charge on any atom is -0.304 e. The van der Waals surface area contributed by atoms with Crippen LogP contribution in [0.1, 0.15) is 31.4 Å². The molecule has 0 spiro atoms. The predicted octanol–water partition coefficient (Wildman–Crippen LogP) is 2.16. The summed E-state index contributed by atoms with van der Waals surface area (Å²) in [6.45, 7) is 5.79. The molecular weight excluding hydrogens is 212 g/mol. The molecule has 17 heavy (non-hydrogen) atoms. The van der Waals surface area contributed by atoms with Gasteiger partial charge in [-0.15, -0.1) is 0 Å². The number of piperidine rings is 1. The Kier molecular flexibility index (Phi) is 2.81. The summed E-state index contributed by atoms with van der Waals surface area (Å²) < 4.78 is 0. The van der Waals surface area contributed by atoms with Gasteiger partial charge < -0.3 is 4.90 Å². The van der Waals surface area contributed by atoms with Crippen molar-refractivity contribution >= 4 is 11.0 Å². The van der Waals surface area contributed by atoms with E-state index < -0.39 is 0 Å². The van der Waals surface area contributed by atoms with Crippen molar-refractivity contribution in [1.29, 1.82) is 0 Å². The zero-order valence-electron chi connectivity index (χ0n) is 10.2. The van der Waals surface area contributed by atoms with Crippen molar-refractivity contribution in [2.75, 3.05) is 19.6 Å². The first kappa shape index (κ1) is 10.7. The lowest BCUT2D eigenvalue weighted by Gasteiger charge is -2.30.